The summed E-state index contributed by atoms with van der Waals surface area (Å²) in [6.07, 6.45) is 0. The smallest absolute Gasteiger partial charge is 0.208 e. The van der Waals surface area contributed by atoms with E-state index in [4.69, 9.17) is 9.68 Å². The lowest BCUT2D eigenvalue weighted by molar-refractivity contribution is 0.537. The number of nitriles is 1. The molecule has 0 spiro atoms. The van der Waals surface area contributed by atoms with Crippen molar-refractivity contribution in [3.05, 3.63) is 35.1 Å². The molecule has 1 heterocycles. The zero-order chi connectivity index (χ0) is 11.9. The Balaban J connectivity index is 2.91. The average Bonchev–Trinajstić information content (AvgIpc) is 2.56. The van der Waals surface area contributed by atoms with Crippen LogP contribution in [-0.4, -0.2) is 0 Å². The van der Waals surface area contributed by atoms with Crippen molar-refractivity contribution in [1.82, 2.24) is 0 Å². The molecule has 2 aromatic rings. The Hall–Kier alpha value is -1.89. The van der Waals surface area contributed by atoms with E-state index in [0.29, 0.717) is 10.9 Å². The molecule has 0 radical (unpaired) electrons. The summed E-state index contributed by atoms with van der Waals surface area (Å²) in [5.74, 6) is -1.43. The van der Waals surface area contributed by atoms with Crippen LogP contribution in [0.3, 0.4) is 0 Å². The van der Waals surface area contributed by atoms with Gasteiger partial charge in [-0.05, 0) is 12.0 Å². The topological polar surface area (TPSA) is 36.9 Å². The van der Waals surface area contributed by atoms with Crippen LogP contribution in [0.25, 0.3) is 11.0 Å². The molecule has 4 heteroatoms. The van der Waals surface area contributed by atoms with E-state index in [1.54, 1.807) is 0 Å². The molecule has 0 aliphatic rings. The second-order valence-electron chi connectivity index (χ2n) is 3.88. The van der Waals surface area contributed by atoms with E-state index in [2.05, 4.69) is 0 Å². The maximum Gasteiger partial charge on any atom is 0.208 e. The van der Waals surface area contributed by atoms with Crippen molar-refractivity contribution in [3.63, 3.8) is 0 Å². The first kappa shape index (κ1) is 10.6. The minimum atomic E-state index is -0.779. The fourth-order valence-corrected chi connectivity index (χ4v) is 1.80. The minimum absolute atomic E-state index is 0.0305. The molecule has 1 aromatic carbocycles. The number of halogens is 2. The largest absolute Gasteiger partial charge is 0.442 e. The summed E-state index contributed by atoms with van der Waals surface area (Å²) in [6, 6.07) is 3.80. The summed E-state index contributed by atoms with van der Waals surface area (Å²) in [7, 11) is 0. The van der Waals surface area contributed by atoms with Gasteiger partial charge in [0, 0.05) is 17.0 Å². The van der Waals surface area contributed by atoms with Crippen molar-refractivity contribution in [2.45, 2.75) is 19.8 Å². The lowest BCUT2D eigenvalue weighted by atomic mass is 9.99. The van der Waals surface area contributed by atoms with Crippen molar-refractivity contribution in [1.29, 1.82) is 5.26 Å². The van der Waals surface area contributed by atoms with Gasteiger partial charge in [-0.2, -0.15) is 5.26 Å². The first-order valence-electron chi connectivity index (χ1n) is 4.86. The van der Waals surface area contributed by atoms with Crippen LogP contribution in [0.1, 0.15) is 31.1 Å². The first-order valence-corrected chi connectivity index (χ1v) is 4.86. The number of nitrogens with zero attached hydrogens (tertiary/aromatic N) is 1. The van der Waals surface area contributed by atoms with Crippen molar-refractivity contribution >= 4 is 11.0 Å². The predicted molar refractivity (Wildman–Crippen MR) is 54.9 cm³/mol. The van der Waals surface area contributed by atoms with Gasteiger partial charge in [-0.15, -0.1) is 0 Å². The van der Waals surface area contributed by atoms with E-state index in [-0.39, 0.29) is 17.3 Å². The second-order valence-corrected chi connectivity index (χ2v) is 3.88. The molecule has 0 saturated heterocycles. The van der Waals surface area contributed by atoms with Crippen molar-refractivity contribution < 1.29 is 13.2 Å². The Morgan fingerprint density at radius 2 is 2.00 bits per heavy atom. The molecule has 0 atom stereocenters. The maximum absolute atomic E-state index is 13.4. The standard InChI is InChI=1S/C12H9F2NO/c1-6(2)11-8-3-7(13)4-9(14)12(8)16-10(11)5-15/h3-4,6H,1-2H3. The van der Waals surface area contributed by atoms with Crippen LogP contribution >= 0.6 is 0 Å². The Morgan fingerprint density at radius 3 is 2.56 bits per heavy atom. The zero-order valence-electron chi connectivity index (χ0n) is 8.84. The summed E-state index contributed by atoms with van der Waals surface area (Å²) in [5, 5.41) is 9.21. The van der Waals surface area contributed by atoms with E-state index >= 15 is 0 Å². The van der Waals surface area contributed by atoms with E-state index in [9.17, 15) is 8.78 Å². The summed E-state index contributed by atoms with van der Waals surface area (Å²) in [5.41, 5.74) is 0.498. The minimum Gasteiger partial charge on any atom is -0.442 e. The molecule has 0 bridgehead atoms. The molecule has 0 N–H and O–H groups in total. The van der Waals surface area contributed by atoms with E-state index in [1.807, 2.05) is 19.9 Å². The van der Waals surface area contributed by atoms with Crippen molar-refractivity contribution in [2.75, 3.05) is 0 Å². The summed E-state index contributed by atoms with van der Waals surface area (Å²) >= 11 is 0. The SMILES string of the molecule is CC(C)c1c(C#N)oc2c(F)cc(F)cc12. The molecule has 0 fully saturated rings. The number of furan rings is 1. The average molecular weight is 221 g/mol. The molecule has 0 unspecified atom stereocenters. The summed E-state index contributed by atoms with van der Waals surface area (Å²) in [6.45, 7) is 3.68. The molecule has 0 saturated carbocycles. The lowest BCUT2D eigenvalue weighted by Crippen LogP contribution is -1.89. The van der Waals surface area contributed by atoms with Crippen LogP contribution in [0.4, 0.5) is 8.78 Å². The molecule has 2 nitrogen and oxygen atoms in total. The monoisotopic (exact) mass is 221 g/mol. The third kappa shape index (κ3) is 1.45. The lowest BCUT2D eigenvalue weighted by Gasteiger charge is -2.01. The zero-order valence-corrected chi connectivity index (χ0v) is 8.84. The van der Waals surface area contributed by atoms with Crippen LogP contribution in [0.5, 0.6) is 0 Å². The van der Waals surface area contributed by atoms with E-state index in [1.165, 1.54) is 6.07 Å². The molecule has 0 aliphatic carbocycles. The molecule has 0 amide bonds. The highest BCUT2D eigenvalue weighted by molar-refractivity contribution is 5.84. The fraction of sp³-hybridized carbons (Fsp3) is 0.250. The molecule has 0 aliphatic heterocycles. The van der Waals surface area contributed by atoms with Crippen LogP contribution in [0.2, 0.25) is 0 Å². The van der Waals surface area contributed by atoms with Crippen LogP contribution in [0.15, 0.2) is 16.5 Å². The van der Waals surface area contributed by atoms with Gasteiger partial charge in [0.15, 0.2) is 11.4 Å². The van der Waals surface area contributed by atoms with Gasteiger partial charge in [-0.3, -0.25) is 0 Å². The molecular weight excluding hydrogens is 212 g/mol. The third-order valence-corrected chi connectivity index (χ3v) is 2.43. The van der Waals surface area contributed by atoms with Crippen LogP contribution in [0, 0.1) is 23.0 Å². The van der Waals surface area contributed by atoms with Gasteiger partial charge in [-0.25, -0.2) is 8.78 Å². The van der Waals surface area contributed by atoms with E-state index < -0.39 is 11.6 Å². The molecule has 1 aromatic heterocycles. The predicted octanol–water partition coefficient (Wildman–Crippen LogP) is 3.71. The van der Waals surface area contributed by atoms with Gasteiger partial charge in [0.1, 0.15) is 11.9 Å². The highest BCUT2D eigenvalue weighted by Crippen LogP contribution is 2.33. The van der Waals surface area contributed by atoms with Crippen LogP contribution < -0.4 is 0 Å². The first-order chi connectivity index (χ1) is 7.54. The van der Waals surface area contributed by atoms with Gasteiger partial charge in [-0.1, -0.05) is 13.8 Å². The van der Waals surface area contributed by atoms with Gasteiger partial charge < -0.3 is 4.42 Å². The van der Waals surface area contributed by atoms with E-state index in [0.717, 1.165) is 6.07 Å². The van der Waals surface area contributed by atoms with Gasteiger partial charge in [0.2, 0.25) is 5.76 Å². The summed E-state index contributed by atoms with van der Waals surface area (Å²) in [4.78, 5) is 0. The number of hydrogen-bond donors (Lipinski definition) is 0. The second kappa shape index (κ2) is 3.60. The number of fused-ring (bicyclic) bond motifs is 1. The fourth-order valence-electron chi connectivity index (χ4n) is 1.80. The van der Waals surface area contributed by atoms with Gasteiger partial charge in [0.05, 0.1) is 0 Å². The Labute approximate surface area is 91.1 Å². The number of rotatable bonds is 1. The molecule has 2 rings (SSSR count). The number of hydrogen-bond acceptors (Lipinski definition) is 2. The highest BCUT2D eigenvalue weighted by atomic mass is 19.1. The third-order valence-electron chi connectivity index (χ3n) is 2.43. The summed E-state index contributed by atoms with van der Waals surface area (Å²) < 4.78 is 31.6. The highest BCUT2D eigenvalue weighted by Gasteiger charge is 2.20. The Morgan fingerprint density at radius 1 is 1.31 bits per heavy atom. The van der Waals surface area contributed by atoms with Crippen molar-refractivity contribution in [3.8, 4) is 6.07 Å². The maximum atomic E-state index is 13.4. The quantitative estimate of drug-likeness (QED) is 0.736. The Bertz CT molecular complexity index is 593. The molecule has 82 valence electrons. The normalized spacial score (nSPS) is 11.0. The molecule has 16 heavy (non-hydrogen) atoms. The van der Waals surface area contributed by atoms with Gasteiger partial charge >= 0.3 is 0 Å². The Kier molecular flexibility index (Phi) is 2.39. The van der Waals surface area contributed by atoms with Crippen molar-refractivity contribution in [2.24, 2.45) is 0 Å². The van der Waals surface area contributed by atoms with Gasteiger partial charge in [0.25, 0.3) is 0 Å². The van der Waals surface area contributed by atoms with Crippen LogP contribution in [-0.2, 0) is 0 Å². The molecular formula is C12H9F2NO. The number of benzene rings is 1.